The number of benzene rings is 1. The highest BCUT2D eigenvalue weighted by atomic mass is 32.2. The van der Waals surface area contributed by atoms with E-state index in [0.29, 0.717) is 30.5 Å². The van der Waals surface area contributed by atoms with Gasteiger partial charge in [-0.05, 0) is 31.2 Å². The van der Waals surface area contributed by atoms with Crippen LogP contribution in [0.25, 0.3) is 0 Å². The van der Waals surface area contributed by atoms with Crippen LogP contribution in [0.2, 0.25) is 0 Å². The topological polar surface area (TPSA) is 80.5 Å². The minimum Gasteiger partial charge on any atom is -0.258 e. The first-order chi connectivity index (χ1) is 9.71. The van der Waals surface area contributed by atoms with Crippen LogP contribution in [0.3, 0.4) is 0 Å². The van der Waals surface area contributed by atoms with Crippen molar-refractivity contribution in [3.63, 3.8) is 0 Å². The lowest BCUT2D eigenvalue weighted by atomic mass is 9.94. The largest absolute Gasteiger partial charge is 0.273 e. The predicted octanol–water partition coefficient (Wildman–Crippen LogP) is 2.57. The fourth-order valence-electron chi connectivity index (χ4n) is 2.90. The molecule has 1 aliphatic rings. The molecule has 1 fully saturated rings. The summed E-state index contributed by atoms with van der Waals surface area (Å²) in [7, 11) is -3.67. The molecule has 6 nitrogen and oxygen atoms in total. The molecule has 0 saturated carbocycles. The van der Waals surface area contributed by atoms with E-state index in [0.717, 1.165) is 12.5 Å². The zero-order valence-corrected chi connectivity index (χ0v) is 13.3. The molecule has 1 heterocycles. The number of rotatable bonds is 3. The molecule has 2 atom stereocenters. The van der Waals surface area contributed by atoms with Gasteiger partial charge in [-0.25, -0.2) is 8.42 Å². The minimum atomic E-state index is -3.67. The SMILES string of the molecule is Cc1ccc(S(=O)(=O)N2C[C@@H](C)C[C@H](C)C2)cc1[N+](=O)[O-]. The number of nitro benzene ring substituents is 1. The maximum atomic E-state index is 12.7. The van der Waals surface area contributed by atoms with Crippen LogP contribution in [0.15, 0.2) is 23.1 Å². The smallest absolute Gasteiger partial charge is 0.258 e. The van der Waals surface area contributed by atoms with Crippen LogP contribution in [0.1, 0.15) is 25.8 Å². The lowest BCUT2D eigenvalue weighted by Gasteiger charge is -2.34. The van der Waals surface area contributed by atoms with Crippen molar-refractivity contribution < 1.29 is 13.3 Å². The molecular formula is C14H20N2O4S. The number of nitro groups is 1. The van der Waals surface area contributed by atoms with E-state index in [2.05, 4.69) is 0 Å². The van der Waals surface area contributed by atoms with Crippen LogP contribution in [-0.4, -0.2) is 30.7 Å². The third-order valence-corrected chi connectivity index (χ3v) is 5.68. The number of nitrogens with zero attached hydrogens (tertiary/aromatic N) is 2. The molecule has 2 rings (SSSR count). The quantitative estimate of drug-likeness (QED) is 0.634. The summed E-state index contributed by atoms with van der Waals surface area (Å²) in [6.07, 6.45) is 1.00. The third-order valence-electron chi connectivity index (χ3n) is 3.85. The standard InChI is InChI=1S/C14H20N2O4S/c1-10-6-11(2)9-15(8-10)21(19,20)13-5-4-12(3)14(7-13)16(17)18/h4-5,7,10-11H,6,8-9H2,1-3H3/t10-,11-/m0/s1. The van der Waals surface area contributed by atoms with Gasteiger partial charge in [0, 0.05) is 24.7 Å². The molecule has 116 valence electrons. The highest BCUT2D eigenvalue weighted by Crippen LogP contribution is 2.29. The molecule has 0 unspecified atom stereocenters. The van der Waals surface area contributed by atoms with Crippen LogP contribution in [0.4, 0.5) is 5.69 Å². The molecule has 7 heteroatoms. The second-order valence-electron chi connectivity index (χ2n) is 5.97. The molecule has 0 amide bonds. The lowest BCUT2D eigenvalue weighted by molar-refractivity contribution is -0.385. The van der Waals surface area contributed by atoms with Crippen molar-refractivity contribution in [3.05, 3.63) is 33.9 Å². The van der Waals surface area contributed by atoms with Crippen molar-refractivity contribution in [3.8, 4) is 0 Å². The summed E-state index contributed by atoms with van der Waals surface area (Å²) in [5, 5.41) is 11.0. The van der Waals surface area contributed by atoms with Gasteiger partial charge in [0.2, 0.25) is 10.0 Å². The Balaban J connectivity index is 2.40. The van der Waals surface area contributed by atoms with E-state index in [1.165, 1.54) is 16.4 Å². The number of sulfonamides is 1. The molecule has 1 aromatic rings. The van der Waals surface area contributed by atoms with Crippen molar-refractivity contribution >= 4 is 15.7 Å². The predicted molar refractivity (Wildman–Crippen MR) is 79.5 cm³/mol. The summed E-state index contributed by atoms with van der Waals surface area (Å²) in [5.41, 5.74) is 0.300. The first-order valence-corrected chi connectivity index (χ1v) is 8.41. The van der Waals surface area contributed by atoms with Crippen LogP contribution in [0, 0.1) is 28.9 Å². The van der Waals surface area contributed by atoms with Crippen LogP contribution in [-0.2, 0) is 10.0 Å². The number of aryl methyl sites for hydroxylation is 1. The maximum absolute atomic E-state index is 12.7. The Morgan fingerprint density at radius 1 is 1.24 bits per heavy atom. The van der Waals surface area contributed by atoms with Gasteiger partial charge < -0.3 is 0 Å². The highest BCUT2D eigenvalue weighted by molar-refractivity contribution is 7.89. The summed E-state index contributed by atoms with van der Waals surface area (Å²) in [4.78, 5) is 10.4. The fourth-order valence-corrected chi connectivity index (χ4v) is 4.60. The monoisotopic (exact) mass is 312 g/mol. The summed E-state index contributed by atoms with van der Waals surface area (Å²) in [6.45, 7) is 6.58. The number of hydrogen-bond donors (Lipinski definition) is 0. The van der Waals surface area contributed by atoms with Gasteiger partial charge in [0.05, 0.1) is 9.82 Å². The zero-order chi connectivity index (χ0) is 15.8. The fraction of sp³-hybridized carbons (Fsp3) is 0.571. The van der Waals surface area contributed by atoms with Gasteiger partial charge in [-0.15, -0.1) is 0 Å². The summed E-state index contributed by atoms with van der Waals surface area (Å²) >= 11 is 0. The van der Waals surface area contributed by atoms with Crippen LogP contribution < -0.4 is 0 Å². The van der Waals surface area contributed by atoms with Crippen molar-refractivity contribution in [2.75, 3.05) is 13.1 Å². The molecule has 0 aromatic heterocycles. The van der Waals surface area contributed by atoms with E-state index in [-0.39, 0.29) is 10.6 Å². The Morgan fingerprint density at radius 2 is 1.81 bits per heavy atom. The average molecular weight is 312 g/mol. The molecule has 0 bridgehead atoms. The number of hydrogen-bond acceptors (Lipinski definition) is 4. The molecule has 0 radical (unpaired) electrons. The Morgan fingerprint density at radius 3 is 2.33 bits per heavy atom. The van der Waals surface area contributed by atoms with Crippen molar-refractivity contribution in [1.82, 2.24) is 4.31 Å². The van der Waals surface area contributed by atoms with Gasteiger partial charge >= 0.3 is 0 Å². The number of piperidine rings is 1. The second-order valence-corrected chi connectivity index (χ2v) is 7.91. The van der Waals surface area contributed by atoms with E-state index in [4.69, 9.17) is 0 Å². The normalized spacial score (nSPS) is 24.0. The Bertz CT molecular complexity index is 647. The molecule has 0 N–H and O–H groups in total. The molecule has 1 saturated heterocycles. The van der Waals surface area contributed by atoms with Crippen molar-refractivity contribution in [2.45, 2.75) is 32.1 Å². The average Bonchev–Trinajstić information content (AvgIpc) is 2.37. The van der Waals surface area contributed by atoms with Crippen molar-refractivity contribution in [1.29, 1.82) is 0 Å². The first-order valence-electron chi connectivity index (χ1n) is 6.97. The van der Waals surface area contributed by atoms with Gasteiger partial charge in [-0.3, -0.25) is 10.1 Å². The van der Waals surface area contributed by atoms with Crippen molar-refractivity contribution in [2.24, 2.45) is 11.8 Å². The Kier molecular flexibility index (Phi) is 4.34. The Hall–Kier alpha value is -1.47. The molecular weight excluding hydrogens is 292 g/mol. The summed E-state index contributed by atoms with van der Waals surface area (Å²) < 4.78 is 26.8. The summed E-state index contributed by atoms with van der Waals surface area (Å²) in [6, 6.07) is 4.10. The van der Waals surface area contributed by atoms with E-state index >= 15 is 0 Å². The van der Waals surface area contributed by atoms with Gasteiger partial charge in [-0.1, -0.05) is 19.9 Å². The maximum Gasteiger partial charge on any atom is 0.273 e. The van der Waals surface area contributed by atoms with Crippen LogP contribution >= 0.6 is 0 Å². The molecule has 21 heavy (non-hydrogen) atoms. The van der Waals surface area contributed by atoms with Gasteiger partial charge in [-0.2, -0.15) is 4.31 Å². The lowest BCUT2D eigenvalue weighted by Crippen LogP contribution is -2.42. The van der Waals surface area contributed by atoms with E-state index in [9.17, 15) is 18.5 Å². The van der Waals surface area contributed by atoms with Gasteiger partial charge in [0.15, 0.2) is 0 Å². The van der Waals surface area contributed by atoms with Crippen LogP contribution in [0.5, 0.6) is 0 Å². The summed E-state index contributed by atoms with van der Waals surface area (Å²) in [5.74, 6) is 0.591. The zero-order valence-electron chi connectivity index (χ0n) is 12.4. The Labute approximate surface area is 125 Å². The van der Waals surface area contributed by atoms with E-state index in [1.54, 1.807) is 6.92 Å². The minimum absolute atomic E-state index is 0.00102. The van der Waals surface area contributed by atoms with E-state index < -0.39 is 14.9 Å². The highest BCUT2D eigenvalue weighted by Gasteiger charge is 2.32. The van der Waals surface area contributed by atoms with E-state index in [1.807, 2.05) is 13.8 Å². The molecule has 1 aliphatic heterocycles. The third kappa shape index (κ3) is 3.24. The van der Waals surface area contributed by atoms with Gasteiger partial charge in [0.25, 0.3) is 5.69 Å². The second kappa shape index (κ2) is 5.73. The molecule has 1 aromatic carbocycles. The molecule has 0 spiro atoms. The van der Waals surface area contributed by atoms with Gasteiger partial charge in [0.1, 0.15) is 0 Å². The molecule has 0 aliphatic carbocycles. The first kappa shape index (κ1) is 15.9.